The average molecular weight is 403 g/mol. The Hall–Kier alpha value is -3.06. The topological polar surface area (TPSA) is 84.9 Å². The lowest BCUT2D eigenvalue weighted by molar-refractivity contribution is -0.151. The van der Waals surface area contributed by atoms with Crippen LogP contribution in [-0.2, 0) is 19.1 Å². The predicted molar refractivity (Wildman–Crippen MR) is 104 cm³/mol. The van der Waals surface area contributed by atoms with E-state index in [4.69, 9.17) is 21.1 Å². The van der Waals surface area contributed by atoms with Crippen molar-refractivity contribution in [2.75, 3.05) is 30.5 Å². The van der Waals surface area contributed by atoms with Gasteiger partial charge in [0.1, 0.15) is 5.75 Å². The van der Waals surface area contributed by atoms with E-state index in [1.54, 1.807) is 55.6 Å². The second-order valence-corrected chi connectivity index (χ2v) is 6.65. The summed E-state index contributed by atoms with van der Waals surface area (Å²) in [5.74, 6) is -1.21. The SMILES string of the molecule is COc1ccc(N2CC(C(=O)OCC(=O)Nc3ccccc3Cl)CC2=O)cc1. The Kier molecular flexibility index (Phi) is 6.16. The van der Waals surface area contributed by atoms with Crippen LogP contribution < -0.4 is 15.0 Å². The van der Waals surface area contributed by atoms with Gasteiger partial charge in [0.05, 0.1) is 23.7 Å². The molecule has 0 bridgehead atoms. The minimum Gasteiger partial charge on any atom is -0.497 e. The fourth-order valence-electron chi connectivity index (χ4n) is 2.88. The fraction of sp³-hybridized carbons (Fsp3) is 0.250. The number of hydrogen-bond donors (Lipinski definition) is 1. The monoisotopic (exact) mass is 402 g/mol. The molecule has 0 radical (unpaired) electrons. The van der Waals surface area contributed by atoms with E-state index >= 15 is 0 Å². The van der Waals surface area contributed by atoms with Crippen LogP contribution in [0.15, 0.2) is 48.5 Å². The molecule has 0 aliphatic carbocycles. The Morgan fingerprint density at radius 1 is 1.18 bits per heavy atom. The van der Waals surface area contributed by atoms with Crippen LogP contribution in [0.3, 0.4) is 0 Å². The largest absolute Gasteiger partial charge is 0.497 e. The summed E-state index contributed by atoms with van der Waals surface area (Å²) < 4.78 is 10.2. The van der Waals surface area contributed by atoms with Crippen molar-refractivity contribution in [1.29, 1.82) is 0 Å². The summed E-state index contributed by atoms with van der Waals surface area (Å²) in [6.45, 7) is -0.243. The van der Waals surface area contributed by atoms with E-state index in [1.165, 1.54) is 4.90 Å². The summed E-state index contributed by atoms with van der Waals surface area (Å²) in [5.41, 5.74) is 1.12. The minimum atomic E-state index is -0.622. The van der Waals surface area contributed by atoms with Crippen LogP contribution in [0.25, 0.3) is 0 Å². The average Bonchev–Trinajstić information content (AvgIpc) is 3.10. The van der Waals surface area contributed by atoms with Crippen molar-refractivity contribution in [3.63, 3.8) is 0 Å². The molecule has 2 amide bonds. The number of rotatable bonds is 6. The zero-order valence-corrected chi connectivity index (χ0v) is 15.9. The Balaban J connectivity index is 1.52. The minimum absolute atomic E-state index is 0.0387. The molecule has 1 aliphatic heterocycles. The number of halogens is 1. The highest BCUT2D eigenvalue weighted by atomic mass is 35.5. The van der Waals surface area contributed by atoms with Crippen LogP contribution in [-0.4, -0.2) is 38.0 Å². The molecule has 0 spiro atoms. The number of amides is 2. The number of para-hydroxylation sites is 1. The summed E-state index contributed by atoms with van der Waals surface area (Å²) in [6, 6.07) is 13.7. The third-order valence-electron chi connectivity index (χ3n) is 4.34. The lowest BCUT2D eigenvalue weighted by Gasteiger charge is -2.17. The van der Waals surface area contributed by atoms with E-state index in [9.17, 15) is 14.4 Å². The second-order valence-electron chi connectivity index (χ2n) is 6.24. The van der Waals surface area contributed by atoms with Gasteiger partial charge in [0.25, 0.3) is 5.91 Å². The molecule has 0 saturated carbocycles. The number of anilines is 2. The maximum atomic E-state index is 12.3. The van der Waals surface area contributed by atoms with Crippen molar-refractivity contribution >= 4 is 40.8 Å². The highest BCUT2D eigenvalue weighted by Gasteiger charge is 2.36. The van der Waals surface area contributed by atoms with Gasteiger partial charge in [0, 0.05) is 18.7 Å². The third kappa shape index (κ3) is 4.61. The quantitative estimate of drug-likeness (QED) is 0.751. The van der Waals surface area contributed by atoms with Gasteiger partial charge in [-0.1, -0.05) is 23.7 Å². The molecule has 146 valence electrons. The number of methoxy groups -OCH3 is 1. The number of nitrogens with one attached hydrogen (secondary N) is 1. The van der Waals surface area contributed by atoms with Gasteiger partial charge in [-0.3, -0.25) is 14.4 Å². The number of hydrogen-bond acceptors (Lipinski definition) is 5. The molecule has 1 saturated heterocycles. The van der Waals surface area contributed by atoms with E-state index in [2.05, 4.69) is 5.32 Å². The van der Waals surface area contributed by atoms with Gasteiger partial charge in [0.15, 0.2) is 6.61 Å². The predicted octanol–water partition coefficient (Wildman–Crippen LogP) is 2.88. The molecule has 1 aliphatic rings. The number of carbonyl (C=O) groups excluding carboxylic acids is 3. The Morgan fingerprint density at radius 3 is 2.57 bits per heavy atom. The van der Waals surface area contributed by atoms with E-state index in [0.717, 1.165) is 0 Å². The molecule has 1 atom stereocenters. The van der Waals surface area contributed by atoms with Crippen LogP contribution in [0.1, 0.15) is 6.42 Å². The highest BCUT2D eigenvalue weighted by Crippen LogP contribution is 2.27. The Bertz CT molecular complexity index is 884. The van der Waals surface area contributed by atoms with Crippen LogP contribution in [0, 0.1) is 5.92 Å². The zero-order valence-electron chi connectivity index (χ0n) is 15.2. The van der Waals surface area contributed by atoms with Gasteiger partial charge in [-0.25, -0.2) is 0 Å². The molecule has 1 N–H and O–H groups in total. The number of benzene rings is 2. The van der Waals surface area contributed by atoms with Crippen molar-refractivity contribution in [2.24, 2.45) is 5.92 Å². The van der Waals surface area contributed by atoms with E-state index in [0.29, 0.717) is 22.1 Å². The number of carbonyl (C=O) groups is 3. The molecule has 1 heterocycles. The standard InChI is InChI=1S/C20H19ClN2O5/c1-27-15-8-6-14(7-9-15)23-11-13(10-19(23)25)20(26)28-12-18(24)22-17-5-3-2-4-16(17)21/h2-9,13H,10-12H2,1H3,(H,22,24). The summed E-state index contributed by atoms with van der Waals surface area (Å²) in [4.78, 5) is 38.0. The molecule has 1 fully saturated rings. The summed E-state index contributed by atoms with van der Waals surface area (Å²) in [6.07, 6.45) is 0.0387. The van der Waals surface area contributed by atoms with Crippen LogP contribution >= 0.6 is 11.6 Å². The number of ether oxygens (including phenoxy) is 2. The normalized spacial score (nSPS) is 16.0. The Labute approximate surface area is 167 Å². The smallest absolute Gasteiger partial charge is 0.311 e. The van der Waals surface area contributed by atoms with Crippen molar-refractivity contribution in [1.82, 2.24) is 0 Å². The molecule has 28 heavy (non-hydrogen) atoms. The molecule has 0 aromatic heterocycles. The Morgan fingerprint density at radius 2 is 1.89 bits per heavy atom. The first-order chi connectivity index (χ1) is 13.5. The number of nitrogens with zero attached hydrogens (tertiary/aromatic N) is 1. The van der Waals surface area contributed by atoms with Crippen molar-refractivity contribution in [3.8, 4) is 5.75 Å². The lowest BCUT2D eigenvalue weighted by Crippen LogP contribution is -2.28. The lowest BCUT2D eigenvalue weighted by atomic mass is 10.1. The molecule has 1 unspecified atom stereocenters. The van der Waals surface area contributed by atoms with Gasteiger partial charge in [-0.15, -0.1) is 0 Å². The first-order valence-corrected chi connectivity index (χ1v) is 9.01. The number of esters is 1. The molecule has 7 nitrogen and oxygen atoms in total. The molecule has 3 rings (SSSR count). The van der Waals surface area contributed by atoms with Crippen LogP contribution in [0.2, 0.25) is 5.02 Å². The van der Waals surface area contributed by atoms with Gasteiger partial charge >= 0.3 is 5.97 Å². The maximum Gasteiger partial charge on any atom is 0.311 e. The molecular weight excluding hydrogens is 384 g/mol. The second kappa shape index (κ2) is 8.75. The van der Waals surface area contributed by atoms with Gasteiger partial charge in [-0.2, -0.15) is 0 Å². The zero-order chi connectivity index (χ0) is 20.1. The molecule has 8 heteroatoms. The van der Waals surface area contributed by atoms with Crippen molar-refractivity contribution in [3.05, 3.63) is 53.6 Å². The summed E-state index contributed by atoms with van der Waals surface area (Å²) in [5, 5.41) is 2.96. The van der Waals surface area contributed by atoms with E-state index in [1.807, 2.05) is 0 Å². The van der Waals surface area contributed by atoms with Crippen molar-refractivity contribution in [2.45, 2.75) is 6.42 Å². The maximum absolute atomic E-state index is 12.3. The first-order valence-electron chi connectivity index (χ1n) is 8.63. The van der Waals surface area contributed by atoms with Crippen LogP contribution in [0.5, 0.6) is 5.75 Å². The van der Waals surface area contributed by atoms with E-state index < -0.39 is 24.4 Å². The van der Waals surface area contributed by atoms with Crippen molar-refractivity contribution < 1.29 is 23.9 Å². The van der Waals surface area contributed by atoms with Gasteiger partial charge in [-0.05, 0) is 36.4 Å². The molecule has 2 aromatic rings. The molecular formula is C20H19ClN2O5. The summed E-state index contributed by atoms with van der Waals surface area (Å²) in [7, 11) is 1.56. The summed E-state index contributed by atoms with van der Waals surface area (Å²) >= 11 is 5.97. The first kappa shape index (κ1) is 19.7. The van der Waals surface area contributed by atoms with Gasteiger partial charge < -0.3 is 19.7 Å². The van der Waals surface area contributed by atoms with E-state index in [-0.39, 0.29) is 18.9 Å². The van der Waals surface area contributed by atoms with Crippen LogP contribution in [0.4, 0.5) is 11.4 Å². The highest BCUT2D eigenvalue weighted by molar-refractivity contribution is 6.33. The van der Waals surface area contributed by atoms with Gasteiger partial charge in [0.2, 0.25) is 5.91 Å². The molecule has 2 aromatic carbocycles. The third-order valence-corrected chi connectivity index (χ3v) is 4.67. The fourth-order valence-corrected chi connectivity index (χ4v) is 3.06.